The molecule has 0 aliphatic rings. The first-order chi connectivity index (χ1) is 12.3. The molecule has 0 unspecified atom stereocenters. The van der Waals surface area contributed by atoms with E-state index in [2.05, 4.69) is 32.1 Å². The topological polar surface area (TPSA) is 79.5 Å². The van der Waals surface area contributed by atoms with E-state index in [4.69, 9.17) is 28.6 Å². The summed E-state index contributed by atoms with van der Waals surface area (Å²) in [5.74, 6) is -0.352. The van der Waals surface area contributed by atoms with Crippen LogP contribution < -0.4 is 20.9 Å². The van der Waals surface area contributed by atoms with Crippen LogP contribution in [0.25, 0.3) is 0 Å². The predicted molar refractivity (Wildman–Crippen MR) is 107 cm³/mol. The van der Waals surface area contributed by atoms with Gasteiger partial charge < -0.3 is 4.74 Å². The molecule has 136 valence electrons. The highest BCUT2D eigenvalue weighted by Crippen LogP contribution is 2.17. The van der Waals surface area contributed by atoms with Crippen LogP contribution in [0.1, 0.15) is 15.9 Å². The Labute approximate surface area is 169 Å². The molecule has 0 atom stereocenters. The van der Waals surface area contributed by atoms with Crippen LogP contribution in [0.3, 0.4) is 0 Å². The molecule has 0 aliphatic carbocycles. The third-order valence-electron chi connectivity index (χ3n) is 3.16. The van der Waals surface area contributed by atoms with Crippen LogP contribution in [0.15, 0.2) is 46.9 Å². The summed E-state index contributed by atoms with van der Waals surface area (Å²) < 4.78 is 6.10. The predicted octanol–water partition coefficient (Wildman–Crippen LogP) is 3.13. The molecule has 0 fully saturated rings. The Morgan fingerprint density at radius 2 is 1.85 bits per heavy atom. The highest BCUT2D eigenvalue weighted by atomic mass is 79.9. The number of carbonyl (C=O) groups is 2. The maximum atomic E-state index is 12.1. The monoisotopic (exact) mass is 455 g/mol. The van der Waals surface area contributed by atoms with E-state index in [9.17, 15) is 9.59 Å². The van der Waals surface area contributed by atoms with E-state index in [0.717, 1.165) is 10.0 Å². The van der Waals surface area contributed by atoms with Crippen molar-refractivity contribution in [2.45, 2.75) is 6.92 Å². The van der Waals surface area contributed by atoms with E-state index < -0.39 is 11.8 Å². The number of aryl methyl sites for hydroxylation is 1. The molecule has 2 aromatic carbocycles. The summed E-state index contributed by atoms with van der Waals surface area (Å²) in [6.45, 7) is 1.69. The lowest BCUT2D eigenvalue weighted by atomic mass is 10.1. The van der Waals surface area contributed by atoms with Crippen LogP contribution in [0.2, 0.25) is 5.02 Å². The molecule has 0 saturated heterocycles. The molecule has 0 aromatic heterocycles. The number of halogens is 2. The fraction of sp³-hybridized carbons (Fsp3) is 0.118. The summed E-state index contributed by atoms with van der Waals surface area (Å²) in [5, 5.41) is 3.01. The summed E-state index contributed by atoms with van der Waals surface area (Å²) in [6.07, 6.45) is 0. The first-order valence-corrected chi connectivity index (χ1v) is 8.98. The van der Waals surface area contributed by atoms with Gasteiger partial charge in [0.25, 0.3) is 11.8 Å². The molecule has 0 radical (unpaired) electrons. The molecule has 26 heavy (non-hydrogen) atoms. The van der Waals surface area contributed by atoms with Crippen LogP contribution >= 0.6 is 39.7 Å². The van der Waals surface area contributed by atoms with Crippen LogP contribution in [0.5, 0.6) is 5.75 Å². The third-order valence-corrected chi connectivity index (χ3v) is 4.47. The number of rotatable bonds is 4. The summed E-state index contributed by atoms with van der Waals surface area (Å²) >= 11 is 14.1. The lowest BCUT2D eigenvalue weighted by molar-refractivity contribution is -0.123. The molecule has 0 heterocycles. The van der Waals surface area contributed by atoms with E-state index in [1.807, 2.05) is 13.0 Å². The quantitative estimate of drug-likeness (QED) is 0.487. The van der Waals surface area contributed by atoms with Gasteiger partial charge in [-0.1, -0.05) is 33.6 Å². The Hall–Kier alpha value is -2.16. The standard InChI is InChI=1S/C17H15BrClN3O3S/c1-10-2-3-11(8-14(10)18)16(24)20-17(26)22-21-15(23)9-25-13-6-4-12(19)5-7-13/h2-8H,9H2,1H3,(H,21,23)(H2,20,22,24,26). The van der Waals surface area contributed by atoms with Gasteiger partial charge in [0.1, 0.15) is 5.75 Å². The first kappa shape index (κ1) is 20.2. The van der Waals surface area contributed by atoms with E-state index in [1.54, 1.807) is 36.4 Å². The Bertz CT molecular complexity index is 831. The average molecular weight is 457 g/mol. The molecule has 0 saturated carbocycles. The summed E-state index contributed by atoms with van der Waals surface area (Å²) in [7, 11) is 0. The average Bonchev–Trinajstić information content (AvgIpc) is 2.61. The van der Waals surface area contributed by atoms with Crippen LogP contribution in [0, 0.1) is 6.92 Å². The van der Waals surface area contributed by atoms with Crippen molar-refractivity contribution in [3.8, 4) is 5.75 Å². The van der Waals surface area contributed by atoms with Gasteiger partial charge in [0.05, 0.1) is 0 Å². The van der Waals surface area contributed by atoms with Crippen LogP contribution in [-0.2, 0) is 4.79 Å². The van der Waals surface area contributed by atoms with Crippen molar-refractivity contribution in [2.75, 3.05) is 6.61 Å². The highest BCUT2D eigenvalue weighted by molar-refractivity contribution is 9.10. The van der Waals surface area contributed by atoms with Crippen molar-refractivity contribution in [2.24, 2.45) is 0 Å². The number of hydrogen-bond acceptors (Lipinski definition) is 4. The van der Waals surface area contributed by atoms with Crippen molar-refractivity contribution in [3.05, 3.63) is 63.1 Å². The van der Waals surface area contributed by atoms with Gasteiger partial charge in [0, 0.05) is 15.1 Å². The minimum atomic E-state index is -0.463. The second-order valence-electron chi connectivity index (χ2n) is 5.16. The van der Waals surface area contributed by atoms with Crippen molar-refractivity contribution in [1.82, 2.24) is 16.2 Å². The molecule has 0 bridgehead atoms. The number of amides is 2. The van der Waals surface area contributed by atoms with Gasteiger partial charge in [-0.05, 0) is 61.1 Å². The second kappa shape index (κ2) is 9.51. The van der Waals surface area contributed by atoms with Gasteiger partial charge in [0.2, 0.25) is 0 Å². The zero-order chi connectivity index (χ0) is 19.1. The number of carbonyl (C=O) groups excluding carboxylic acids is 2. The first-order valence-electron chi connectivity index (χ1n) is 7.40. The lowest BCUT2D eigenvalue weighted by Crippen LogP contribution is -2.49. The maximum absolute atomic E-state index is 12.1. The van der Waals surface area contributed by atoms with E-state index >= 15 is 0 Å². The zero-order valence-electron chi connectivity index (χ0n) is 13.6. The minimum Gasteiger partial charge on any atom is -0.484 e. The molecule has 2 rings (SSSR count). The van der Waals surface area contributed by atoms with Gasteiger partial charge in [0.15, 0.2) is 11.7 Å². The van der Waals surface area contributed by atoms with Crippen molar-refractivity contribution in [3.63, 3.8) is 0 Å². The molecule has 6 nitrogen and oxygen atoms in total. The molecular weight excluding hydrogens is 442 g/mol. The van der Waals surface area contributed by atoms with Crippen LogP contribution in [-0.4, -0.2) is 23.5 Å². The SMILES string of the molecule is Cc1ccc(C(=O)NC(=S)NNC(=O)COc2ccc(Cl)cc2)cc1Br. The van der Waals surface area contributed by atoms with Crippen molar-refractivity contribution < 1.29 is 14.3 Å². The Kier molecular flexibility index (Phi) is 7.38. The maximum Gasteiger partial charge on any atom is 0.276 e. The second-order valence-corrected chi connectivity index (χ2v) is 6.86. The highest BCUT2D eigenvalue weighted by Gasteiger charge is 2.10. The fourth-order valence-electron chi connectivity index (χ4n) is 1.78. The molecule has 3 N–H and O–H groups in total. The number of nitrogens with one attached hydrogen (secondary N) is 3. The summed E-state index contributed by atoms with van der Waals surface area (Å²) in [4.78, 5) is 23.8. The van der Waals surface area contributed by atoms with Gasteiger partial charge in [-0.3, -0.25) is 25.8 Å². The van der Waals surface area contributed by atoms with Crippen LogP contribution in [0.4, 0.5) is 0 Å². The Balaban J connectivity index is 1.75. The van der Waals surface area contributed by atoms with Crippen molar-refractivity contribution >= 4 is 56.7 Å². The van der Waals surface area contributed by atoms with Gasteiger partial charge >= 0.3 is 0 Å². The normalized spacial score (nSPS) is 9.96. The molecule has 0 aliphatic heterocycles. The molecule has 2 aromatic rings. The van der Waals surface area contributed by atoms with E-state index in [-0.39, 0.29) is 11.7 Å². The minimum absolute atomic E-state index is 0.0356. The number of thiocarbonyl (C=S) groups is 1. The van der Waals surface area contributed by atoms with E-state index in [0.29, 0.717) is 16.3 Å². The summed E-state index contributed by atoms with van der Waals surface area (Å²) in [6, 6.07) is 11.8. The third kappa shape index (κ3) is 6.29. The number of benzene rings is 2. The fourth-order valence-corrected chi connectivity index (χ4v) is 2.43. The summed E-state index contributed by atoms with van der Waals surface area (Å²) in [5.41, 5.74) is 6.22. The molecule has 0 spiro atoms. The number of hydrogen-bond donors (Lipinski definition) is 3. The van der Waals surface area contributed by atoms with Gasteiger partial charge in [-0.25, -0.2) is 0 Å². The van der Waals surface area contributed by atoms with E-state index in [1.165, 1.54) is 0 Å². The van der Waals surface area contributed by atoms with Gasteiger partial charge in [-0.2, -0.15) is 0 Å². The number of hydrazine groups is 1. The Morgan fingerprint density at radius 1 is 1.15 bits per heavy atom. The molecule has 2 amide bonds. The number of ether oxygens (including phenoxy) is 1. The largest absolute Gasteiger partial charge is 0.484 e. The zero-order valence-corrected chi connectivity index (χ0v) is 16.8. The lowest BCUT2D eigenvalue weighted by Gasteiger charge is -2.12. The Morgan fingerprint density at radius 3 is 2.50 bits per heavy atom. The molecular formula is C17H15BrClN3O3S. The molecule has 9 heteroatoms. The smallest absolute Gasteiger partial charge is 0.276 e. The van der Waals surface area contributed by atoms with Gasteiger partial charge in [-0.15, -0.1) is 0 Å². The van der Waals surface area contributed by atoms with Crippen molar-refractivity contribution in [1.29, 1.82) is 0 Å².